The first-order valence-corrected chi connectivity index (χ1v) is 12.0. The van der Waals surface area contributed by atoms with Crippen molar-refractivity contribution in [3.05, 3.63) is 58.1 Å². The number of halogens is 2. The Balaban J connectivity index is 1.72. The molecule has 1 fully saturated rings. The quantitative estimate of drug-likeness (QED) is 0.628. The largest absolute Gasteiger partial charge is 0.336 e. The highest BCUT2D eigenvalue weighted by Gasteiger charge is 2.31. The van der Waals surface area contributed by atoms with Gasteiger partial charge < -0.3 is 4.90 Å². The average molecular weight is 459 g/mol. The fraction of sp³-hybridized carbons (Fsp3) is 0.316. The minimum atomic E-state index is -3.68. The van der Waals surface area contributed by atoms with Crippen LogP contribution in [0.25, 0.3) is 0 Å². The van der Waals surface area contributed by atoms with Crippen LogP contribution in [0.15, 0.2) is 52.3 Å². The zero-order valence-electron chi connectivity index (χ0n) is 15.3. The van der Waals surface area contributed by atoms with Gasteiger partial charge in [-0.1, -0.05) is 42.3 Å². The number of carbonyl (C=O) groups is 1. The van der Waals surface area contributed by atoms with E-state index in [1.54, 1.807) is 16.7 Å². The van der Waals surface area contributed by atoms with Crippen LogP contribution < -0.4 is 0 Å². The van der Waals surface area contributed by atoms with Crippen LogP contribution in [0.5, 0.6) is 0 Å². The first-order valence-electron chi connectivity index (χ1n) is 8.81. The Hall–Kier alpha value is -1.25. The van der Waals surface area contributed by atoms with Crippen LogP contribution in [0.3, 0.4) is 0 Å². The molecule has 1 aliphatic heterocycles. The molecule has 0 spiro atoms. The molecule has 0 unspecified atom stereocenters. The first kappa shape index (κ1) is 21.5. The molecular weight excluding hydrogens is 439 g/mol. The van der Waals surface area contributed by atoms with E-state index in [1.807, 2.05) is 31.2 Å². The molecule has 150 valence electrons. The van der Waals surface area contributed by atoms with Gasteiger partial charge in [0.2, 0.25) is 10.0 Å². The van der Waals surface area contributed by atoms with Gasteiger partial charge in [-0.25, -0.2) is 8.42 Å². The van der Waals surface area contributed by atoms with Gasteiger partial charge in [-0.3, -0.25) is 4.79 Å². The molecule has 0 saturated carbocycles. The lowest BCUT2D eigenvalue weighted by Gasteiger charge is -2.34. The third-order valence-corrected chi connectivity index (χ3v) is 8.06. The van der Waals surface area contributed by atoms with Crippen LogP contribution in [0.2, 0.25) is 10.0 Å². The Morgan fingerprint density at radius 1 is 1.04 bits per heavy atom. The molecule has 5 nitrogen and oxygen atoms in total. The molecule has 1 aliphatic rings. The van der Waals surface area contributed by atoms with Gasteiger partial charge in [0.1, 0.15) is 0 Å². The van der Waals surface area contributed by atoms with Crippen molar-refractivity contribution >= 4 is 50.9 Å². The lowest BCUT2D eigenvalue weighted by Crippen LogP contribution is -2.50. The lowest BCUT2D eigenvalue weighted by molar-refractivity contribution is 0.0694. The van der Waals surface area contributed by atoms with Gasteiger partial charge in [0, 0.05) is 31.1 Å². The van der Waals surface area contributed by atoms with Crippen molar-refractivity contribution in [1.29, 1.82) is 0 Å². The minimum absolute atomic E-state index is 0.0665. The summed E-state index contributed by atoms with van der Waals surface area (Å²) >= 11 is 13.5. The number of amides is 1. The van der Waals surface area contributed by atoms with Crippen molar-refractivity contribution < 1.29 is 13.2 Å². The molecule has 28 heavy (non-hydrogen) atoms. The van der Waals surface area contributed by atoms with Crippen molar-refractivity contribution in [1.82, 2.24) is 9.21 Å². The van der Waals surface area contributed by atoms with Gasteiger partial charge in [0.15, 0.2) is 0 Å². The van der Waals surface area contributed by atoms with Gasteiger partial charge in [0.25, 0.3) is 5.91 Å². The highest BCUT2D eigenvalue weighted by atomic mass is 35.5. The van der Waals surface area contributed by atoms with Gasteiger partial charge >= 0.3 is 0 Å². The smallest absolute Gasteiger partial charge is 0.255 e. The highest BCUT2D eigenvalue weighted by molar-refractivity contribution is 7.99. The second-order valence-corrected chi connectivity index (χ2v) is 10.3. The van der Waals surface area contributed by atoms with E-state index in [1.165, 1.54) is 22.5 Å². The minimum Gasteiger partial charge on any atom is -0.336 e. The number of carbonyl (C=O) groups excluding carboxylic acids is 1. The van der Waals surface area contributed by atoms with E-state index in [-0.39, 0.29) is 28.9 Å². The lowest BCUT2D eigenvalue weighted by atomic mass is 10.2. The van der Waals surface area contributed by atoms with E-state index in [2.05, 4.69) is 0 Å². The number of rotatable bonds is 5. The molecule has 3 rings (SSSR count). The third-order valence-electron chi connectivity index (χ3n) is 4.47. The normalized spacial score (nSPS) is 15.6. The molecule has 2 aromatic rings. The molecule has 0 bridgehead atoms. The molecule has 1 amide bonds. The second kappa shape index (κ2) is 9.05. The summed E-state index contributed by atoms with van der Waals surface area (Å²) in [5, 5.41) is 0.501. The molecule has 0 aliphatic carbocycles. The molecular formula is C19H20Cl2N2O3S2. The fourth-order valence-corrected chi connectivity index (χ4v) is 5.62. The van der Waals surface area contributed by atoms with Crippen molar-refractivity contribution in [2.75, 3.05) is 31.9 Å². The first-order chi connectivity index (χ1) is 13.3. The Labute approximate surface area is 179 Å². The Kier molecular flexibility index (Phi) is 6.94. The summed E-state index contributed by atoms with van der Waals surface area (Å²) < 4.78 is 27.1. The Morgan fingerprint density at radius 2 is 1.71 bits per heavy atom. The van der Waals surface area contributed by atoms with Gasteiger partial charge in [-0.15, -0.1) is 11.8 Å². The molecule has 1 saturated heterocycles. The Morgan fingerprint density at radius 3 is 2.36 bits per heavy atom. The number of hydrogen-bond donors (Lipinski definition) is 0. The van der Waals surface area contributed by atoms with E-state index >= 15 is 0 Å². The van der Waals surface area contributed by atoms with Crippen molar-refractivity contribution in [2.24, 2.45) is 0 Å². The van der Waals surface area contributed by atoms with Crippen LogP contribution in [-0.4, -0.2) is 55.5 Å². The van der Waals surface area contributed by atoms with Crippen LogP contribution in [0.1, 0.15) is 17.3 Å². The van der Waals surface area contributed by atoms with E-state index in [0.717, 1.165) is 10.6 Å². The Bertz CT molecular complexity index is 975. The van der Waals surface area contributed by atoms with Crippen molar-refractivity contribution in [2.45, 2.75) is 16.7 Å². The topological polar surface area (TPSA) is 57.7 Å². The van der Waals surface area contributed by atoms with Crippen molar-refractivity contribution in [3.63, 3.8) is 0 Å². The van der Waals surface area contributed by atoms with Gasteiger partial charge in [0.05, 0.1) is 20.5 Å². The maximum absolute atomic E-state index is 12.9. The molecule has 0 N–H and O–H groups in total. The predicted octanol–water partition coefficient (Wildman–Crippen LogP) is 4.25. The van der Waals surface area contributed by atoms with Gasteiger partial charge in [-0.2, -0.15) is 4.31 Å². The number of sulfonamides is 1. The maximum atomic E-state index is 12.9. The number of nitrogens with zero attached hydrogens (tertiary/aromatic N) is 2. The van der Waals surface area contributed by atoms with E-state index < -0.39 is 10.0 Å². The standard InChI is InChI=1S/C19H20Cl2N2O3S2/c1-2-27-18-6-4-3-5-15(18)19(24)22-9-11-23(12-10-22)28(25,26)14-7-8-16(20)17(21)13-14/h3-8,13H,2,9-12H2,1H3. The summed E-state index contributed by atoms with van der Waals surface area (Å²) in [7, 11) is -3.68. The number of benzene rings is 2. The molecule has 0 aromatic heterocycles. The number of hydrogen-bond acceptors (Lipinski definition) is 4. The maximum Gasteiger partial charge on any atom is 0.255 e. The summed E-state index contributed by atoms with van der Waals surface area (Å²) in [6.07, 6.45) is 0. The van der Waals surface area contributed by atoms with Gasteiger partial charge in [-0.05, 0) is 36.1 Å². The molecule has 0 atom stereocenters. The summed E-state index contributed by atoms with van der Waals surface area (Å²) in [4.78, 5) is 15.7. The monoisotopic (exact) mass is 458 g/mol. The van der Waals surface area contributed by atoms with E-state index in [9.17, 15) is 13.2 Å². The zero-order valence-corrected chi connectivity index (χ0v) is 18.4. The fourth-order valence-electron chi connectivity index (χ4n) is 3.01. The van der Waals surface area contributed by atoms with Crippen LogP contribution in [-0.2, 0) is 10.0 Å². The van der Waals surface area contributed by atoms with Crippen LogP contribution in [0, 0.1) is 0 Å². The van der Waals surface area contributed by atoms with E-state index in [0.29, 0.717) is 23.7 Å². The van der Waals surface area contributed by atoms with Crippen molar-refractivity contribution in [3.8, 4) is 0 Å². The molecule has 2 aromatic carbocycles. The average Bonchev–Trinajstić information content (AvgIpc) is 2.70. The summed E-state index contributed by atoms with van der Waals surface area (Å²) in [6, 6.07) is 11.8. The summed E-state index contributed by atoms with van der Waals surface area (Å²) in [5.41, 5.74) is 0.662. The summed E-state index contributed by atoms with van der Waals surface area (Å²) in [6.45, 7) is 3.18. The molecule has 9 heteroatoms. The highest BCUT2D eigenvalue weighted by Crippen LogP contribution is 2.28. The SMILES string of the molecule is CCSc1ccccc1C(=O)N1CCN(S(=O)(=O)c2ccc(Cl)c(Cl)c2)CC1. The number of piperazine rings is 1. The predicted molar refractivity (Wildman–Crippen MR) is 114 cm³/mol. The zero-order chi connectivity index (χ0) is 20.3. The van der Waals surface area contributed by atoms with E-state index in [4.69, 9.17) is 23.2 Å². The summed E-state index contributed by atoms with van der Waals surface area (Å²) in [5.74, 6) is 0.808. The second-order valence-electron chi connectivity index (χ2n) is 6.20. The molecule has 0 radical (unpaired) electrons. The van der Waals surface area contributed by atoms with Crippen LogP contribution in [0.4, 0.5) is 0 Å². The third kappa shape index (κ3) is 4.49. The van der Waals surface area contributed by atoms with Crippen LogP contribution >= 0.6 is 35.0 Å². The number of thioether (sulfide) groups is 1. The molecule has 1 heterocycles.